The highest BCUT2D eigenvalue weighted by Crippen LogP contribution is 2.53. The third-order valence-electron chi connectivity index (χ3n) is 5.52. The number of hydrogen-bond acceptors (Lipinski definition) is 3. The molecule has 3 rings (SSSR count). The van der Waals surface area contributed by atoms with Gasteiger partial charge in [-0.25, -0.2) is 0 Å². The first-order valence-electron chi connectivity index (χ1n) is 9.60. The van der Waals surface area contributed by atoms with Gasteiger partial charge in [-0.3, -0.25) is 4.68 Å². The molecule has 0 aliphatic heterocycles. The van der Waals surface area contributed by atoms with E-state index < -0.39 is 18.2 Å². The third kappa shape index (κ3) is 4.94. The molecule has 0 amide bonds. The molecule has 0 radical (unpaired) electrons. The first-order valence-corrected chi connectivity index (χ1v) is 9.98. The molecule has 4 nitrogen and oxygen atoms in total. The molecule has 1 aromatic carbocycles. The van der Waals surface area contributed by atoms with E-state index in [9.17, 15) is 18.0 Å². The van der Waals surface area contributed by atoms with Gasteiger partial charge in [0.25, 0.3) is 0 Å². The Bertz CT molecular complexity index is 889. The molecule has 8 heteroatoms. The van der Waals surface area contributed by atoms with Gasteiger partial charge in [0.15, 0.2) is 0 Å². The van der Waals surface area contributed by atoms with Crippen molar-refractivity contribution in [2.45, 2.75) is 58.7 Å². The van der Waals surface area contributed by atoms with Crippen LogP contribution in [0.2, 0.25) is 5.02 Å². The van der Waals surface area contributed by atoms with Crippen LogP contribution in [0.1, 0.15) is 49.6 Å². The number of carbonyl (C=O) groups is 1. The van der Waals surface area contributed by atoms with Crippen LogP contribution < -0.4 is 4.74 Å². The lowest BCUT2D eigenvalue weighted by molar-refractivity contribution is -0.259. The van der Waals surface area contributed by atoms with E-state index in [0.29, 0.717) is 42.1 Å². The van der Waals surface area contributed by atoms with Crippen LogP contribution in [0.4, 0.5) is 13.2 Å². The van der Waals surface area contributed by atoms with E-state index in [4.69, 9.17) is 16.3 Å². The second kappa shape index (κ2) is 8.38. The Labute approximate surface area is 173 Å². The van der Waals surface area contributed by atoms with Crippen molar-refractivity contribution in [1.82, 2.24) is 9.78 Å². The molecular formula is C21H24ClF3N2O2. The molecule has 158 valence electrons. The van der Waals surface area contributed by atoms with Gasteiger partial charge in [0, 0.05) is 22.7 Å². The molecule has 1 aromatic heterocycles. The van der Waals surface area contributed by atoms with E-state index in [1.54, 1.807) is 22.9 Å². The molecular weight excluding hydrogens is 405 g/mol. The Hall–Kier alpha value is -2.02. The van der Waals surface area contributed by atoms with Crippen molar-refractivity contribution in [1.29, 1.82) is 0 Å². The zero-order valence-corrected chi connectivity index (χ0v) is 17.2. The summed E-state index contributed by atoms with van der Waals surface area (Å²) in [5.74, 6) is 0.474. The Morgan fingerprint density at radius 1 is 1.31 bits per heavy atom. The second-order valence-corrected chi connectivity index (χ2v) is 8.25. The number of halogens is 4. The van der Waals surface area contributed by atoms with Crippen LogP contribution in [0.15, 0.2) is 24.3 Å². The van der Waals surface area contributed by atoms with E-state index in [-0.39, 0.29) is 18.6 Å². The van der Waals surface area contributed by atoms with E-state index in [0.717, 1.165) is 11.4 Å². The van der Waals surface area contributed by atoms with Crippen molar-refractivity contribution in [3.8, 4) is 5.75 Å². The normalized spacial score (nSPS) is 15.8. The average Bonchev–Trinajstić information content (AvgIpc) is 2.92. The van der Waals surface area contributed by atoms with E-state index >= 15 is 0 Å². The van der Waals surface area contributed by atoms with Gasteiger partial charge >= 0.3 is 6.18 Å². The predicted molar refractivity (Wildman–Crippen MR) is 104 cm³/mol. The summed E-state index contributed by atoms with van der Waals surface area (Å²) in [6.45, 7) is 3.35. The standard InChI is InChI=1S/C21H24ClF3N2O2/c1-14-10-18(6-4-15(2)28)26-27(14)12-16-11-17(22)5-7-19(16)29-13-20(8-3-9-20)21(23,24)25/h5,7,10-11H,3-4,6,8-9,12-13H2,1-2H3. The number of benzene rings is 1. The Balaban J connectivity index is 1.77. The molecule has 0 N–H and O–H groups in total. The number of alkyl halides is 3. The summed E-state index contributed by atoms with van der Waals surface area (Å²) in [6.07, 6.45) is -2.56. The first kappa shape index (κ1) is 21.7. The number of aromatic nitrogens is 2. The fourth-order valence-electron chi connectivity index (χ4n) is 3.47. The maximum absolute atomic E-state index is 13.4. The fourth-order valence-corrected chi connectivity index (χ4v) is 3.66. The zero-order chi connectivity index (χ0) is 21.2. The molecule has 0 saturated heterocycles. The van der Waals surface area contributed by atoms with Crippen LogP contribution in [0.25, 0.3) is 0 Å². The van der Waals surface area contributed by atoms with Crippen molar-refractivity contribution < 1.29 is 22.7 Å². The van der Waals surface area contributed by atoms with E-state index in [1.165, 1.54) is 6.92 Å². The van der Waals surface area contributed by atoms with Gasteiger partial charge in [-0.15, -0.1) is 0 Å². The lowest BCUT2D eigenvalue weighted by Gasteiger charge is -2.42. The summed E-state index contributed by atoms with van der Waals surface area (Å²) in [6, 6.07) is 6.81. The van der Waals surface area contributed by atoms with Crippen LogP contribution in [-0.4, -0.2) is 28.3 Å². The number of hydrogen-bond donors (Lipinski definition) is 0. The van der Waals surface area contributed by atoms with Crippen LogP contribution in [0.5, 0.6) is 5.75 Å². The summed E-state index contributed by atoms with van der Waals surface area (Å²) >= 11 is 6.11. The van der Waals surface area contributed by atoms with Gasteiger partial charge in [0.05, 0.1) is 17.7 Å². The highest BCUT2D eigenvalue weighted by Gasteiger charge is 2.58. The largest absolute Gasteiger partial charge is 0.492 e. The Morgan fingerprint density at radius 3 is 2.62 bits per heavy atom. The zero-order valence-electron chi connectivity index (χ0n) is 16.5. The number of nitrogens with zero attached hydrogens (tertiary/aromatic N) is 2. The smallest absolute Gasteiger partial charge is 0.397 e. The molecule has 1 heterocycles. The van der Waals surface area contributed by atoms with Gasteiger partial charge in [0.1, 0.15) is 18.1 Å². The van der Waals surface area contributed by atoms with Crippen LogP contribution in [0, 0.1) is 12.3 Å². The highest BCUT2D eigenvalue weighted by atomic mass is 35.5. The van der Waals surface area contributed by atoms with Crippen LogP contribution in [-0.2, 0) is 17.8 Å². The fraction of sp³-hybridized carbons (Fsp3) is 0.524. The monoisotopic (exact) mass is 428 g/mol. The third-order valence-corrected chi connectivity index (χ3v) is 5.76. The molecule has 1 saturated carbocycles. The first-order chi connectivity index (χ1) is 13.6. The quantitative estimate of drug-likeness (QED) is 0.555. The second-order valence-electron chi connectivity index (χ2n) is 7.81. The predicted octanol–water partition coefficient (Wildman–Crippen LogP) is 5.53. The number of carbonyl (C=O) groups excluding carboxylic acids is 1. The summed E-state index contributed by atoms with van der Waals surface area (Å²) < 4.78 is 47.7. The van der Waals surface area contributed by atoms with Crippen molar-refractivity contribution in [2.24, 2.45) is 5.41 Å². The molecule has 1 fully saturated rings. The van der Waals surface area contributed by atoms with Crippen molar-refractivity contribution >= 4 is 17.4 Å². The molecule has 0 unspecified atom stereocenters. The Kier molecular flexibility index (Phi) is 6.27. The van der Waals surface area contributed by atoms with Crippen LogP contribution in [0.3, 0.4) is 0 Å². The maximum Gasteiger partial charge on any atom is 0.397 e. The molecule has 1 aliphatic carbocycles. The minimum Gasteiger partial charge on any atom is -0.492 e. The topological polar surface area (TPSA) is 44.1 Å². The van der Waals surface area contributed by atoms with Gasteiger partial charge in [0.2, 0.25) is 0 Å². The lowest BCUT2D eigenvalue weighted by Crippen LogP contribution is -2.48. The minimum absolute atomic E-state index is 0.0944. The maximum atomic E-state index is 13.4. The average molecular weight is 429 g/mol. The van der Waals surface area contributed by atoms with Crippen molar-refractivity contribution in [3.05, 3.63) is 46.2 Å². The number of ketones is 1. The highest BCUT2D eigenvalue weighted by molar-refractivity contribution is 6.30. The molecule has 1 aliphatic rings. The molecule has 2 aromatic rings. The van der Waals surface area contributed by atoms with Gasteiger partial charge in [-0.1, -0.05) is 18.0 Å². The lowest BCUT2D eigenvalue weighted by atomic mass is 9.69. The summed E-state index contributed by atoms with van der Waals surface area (Å²) in [4.78, 5) is 11.2. The number of rotatable bonds is 8. The number of ether oxygens (including phenoxy) is 1. The molecule has 29 heavy (non-hydrogen) atoms. The van der Waals surface area contributed by atoms with Gasteiger partial charge in [-0.2, -0.15) is 18.3 Å². The summed E-state index contributed by atoms with van der Waals surface area (Å²) in [5, 5.41) is 4.98. The van der Waals surface area contributed by atoms with Crippen molar-refractivity contribution in [2.75, 3.05) is 6.61 Å². The van der Waals surface area contributed by atoms with E-state index in [1.807, 2.05) is 13.0 Å². The summed E-state index contributed by atoms with van der Waals surface area (Å²) in [5.41, 5.74) is 0.595. The minimum atomic E-state index is -4.28. The van der Waals surface area contributed by atoms with Gasteiger partial charge < -0.3 is 9.53 Å². The number of Topliss-reactive ketones (excluding diaryl/α,β-unsaturated/α-hetero) is 1. The van der Waals surface area contributed by atoms with Crippen molar-refractivity contribution in [3.63, 3.8) is 0 Å². The number of aryl methyl sites for hydroxylation is 2. The summed E-state index contributed by atoms with van der Waals surface area (Å²) in [7, 11) is 0. The Morgan fingerprint density at radius 2 is 2.03 bits per heavy atom. The SMILES string of the molecule is CC(=O)CCc1cc(C)n(Cc2cc(Cl)ccc2OCC2(C(F)(F)F)CCC2)n1. The molecule has 0 spiro atoms. The molecule has 0 bridgehead atoms. The van der Waals surface area contributed by atoms with Gasteiger partial charge in [-0.05, 0) is 57.4 Å². The molecule has 0 atom stereocenters. The van der Waals surface area contributed by atoms with Crippen LogP contribution >= 0.6 is 11.6 Å². The van der Waals surface area contributed by atoms with E-state index in [2.05, 4.69) is 5.10 Å².